The third-order valence-electron chi connectivity index (χ3n) is 3.10. The van der Waals surface area contributed by atoms with E-state index in [1.165, 1.54) is 6.33 Å². The van der Waals surface area contributed by atoms with E-state index in [1.54, 1.807) is 0 Å². The SMILES string of the molecule is CCOc1ccccc1Nc1ncnc2ccc(N)cc12. The molecule has 3 N–H and O–H groups in total. The molecule has 3 aromatic rings. The molecule has 0 aliphatic rings. The summed E-state index contributed by atoms with van der Waals surface area (Å²) in [6.45, 7) is 2.56. The van der Waals surface area contributed by atoms with E-state index in [2.05, 4.69) is 15.3 Å². The lowest BCUT2D eigenvalue weighted by molar-refractivity contribution is 0.342. The van der Waals surface area contributed by atoms with Gasteiger partial charge in [-0.1, -0.05) is 12.1 Å². The highest BCUT2D eigenvalue weighted by molar-refractivity contribution is 5.93. The maximum atomic E-state index is 5.86. The number of fused-ring (bicyclic) bond motifs is 1. The van der Waals surface area contributed by atoms with Crippen LogP contribution in [0.4, 0.5) is 17.2 Å². The Balaban J connectivity index is 2.04. The second-order valence-electron chi connectivity index (χ2n) is 4.55. The first-order valence-corrected chi connectivity index (χ1v) is 6.77. The minimum atomic E-state index is 0.607. The summed E-state index contributed by atoms with van der Waals surface area (Å²) in [7, 11) is 0. The zero-order valence-electron chi connectivity index (χ0n) is 11.7. The predicted octanol–water partition coefficient (Wildman–Crippen LogP) is 3.35. The van der Waals surface area contributed by atoms with Crippen molar-refractivity contribution < 1.29 is 4.74 Å². The standard InChI is InChI=1S/C16H16N4O/c1-2-21-15-6-4-3-5-14(15)20-16-12-9-11(17)7-8-13(12)18-10-19-16/h3-10H,2,17H2,1H3,(H,18,19,20). The number of ether oxygens (including phenoxy) is 1. The summed E-state index contributed by atoms with van der Waals surface area (Å²) in [5, 5.41) is 4.17. The zero-order chi connectivity index (χ0) is 14.7. The Morgan fingerprint density at radius 1 is 1.14 bits per heavy atom. The van der Waals surface area contributed by atoms with Gasteiger partial charge in [0.2, 0.25) is 0 Å². The molecule has 0 saturated carbocycles. The van der Waals surface area contributed by atoms with Gasteiger partial charge in [-0.3, -0.25) is 0 Å². The van der Waals surface area contributed by atoms with Gasteiger partial charge in [0.1, 0.15) is 17.9 Å². The van der Waals surface area contributed by atoms with Crippen molar-refractivity contribution in [2.45, 2.75) is 6.92 Å². The summed E-state index contributed by atoms with van der Waals surface area (Å²) in [5.74, 6) is 1.50. The van der Waals surface area contributed by atoms with Crippen LogP contribution in [0.5, 0.6) is 5.75 Å². The third-order valence-corrected chi connectivity index (χ3v) is 3.10. The average Bonchev–Trinajstić information content (AvgIpc) is 2.50. The van der Waals surface area contributed by atoms with Crippen molar-refractivity contribution in [3.63, 3.8) is 0 Å². The molecule has 0 bridgehead atoms. The van der Waals surface area contributed by atoms with Crippen LogP contribution in [0.2, 0.25) is 0 Å². The van der Waals surface area contributed by atoms with Crippen LogP contribution < -0.4 is 15.8 Å². The number of para-hydroxylation sites is 2. The Kier molecular flexibility index (Phi) is 3.55. The number of benzene rings is 2. The monoisotopic (exact) mass is 280 g/mol. The van der Waals surface area contributed by atoms with Gasteiger partial charge in [-0.2, -0.15) is 0 Å². The number of nitrogens with one attached hydrogen (secondary N) is 1. The molecule has 3 rings (SSSR count). The molecule has 0 radical (unpaired) electrons. The Morgan fingerprint density at radius 3 is 2.86 bits per heavy atom. The molecule has 0 aliphatic heterocycles. The van der Waals surface area contributed by atoms with Crippen LogP contribution in [0.3, 0.4) is 0 Å². The summed E-state index contributed by atoms with van der Waals surface area (Å²) in [6.07, 6.45) is 1.53. The van der Waals surface area contributed by atoms with E-state index in [4.69, 9.17) is 10.5 Å². The fourth-order valence-corrected chi connectivity index (χ4v) is 2.15. The second-order valence-corrected chi connectivity index (χ2v) is 4.55. The van der Waals surface area contributed by atoms with E-state index in [1.807, 2.05) is 49.4 Å². The molecule has 1 aromatic heterocycles. The van der Waals surface area contributed by atoms with Crippen LogP contribution in [-0.4, -0.2) is 16.6 Å². The van der Waals surface area contributed by atoms with E-state index < -0.39 is 0 Å². The van der Waals surface area contributed by atoms with E-state index in [0.717, 1.165) is 22.3 Å². The highest BCUT2D eigenvalue weighted by Crippen LogP contribution is 2.30. The van der Waals surface area contributed by atoms with Crippen molar-refractivity contribution in [1.82, 2.24) is 9.97 Å². The Bertz CT molecular complexity index is 773. The largest absolute Gasteiger partial charge is 0.492 e. The summed E-state index contributed by atoms with van der Waals surface area (Å²) in [4.78, 5) is 8.56. The molecular weight excluding hydrogens is 264 g/mol. The summed E-state index contributed by atoms with van der Waals surface area (Å²) in [6, 6.07) is 13.3. The molecular formula is C16H16N4O. The third kappa shape index (κ3) is 2.72. The first kappa shape index (κ1) is 13.2. The van der Waals surface area contributed by atoms with Gasteiger partial charge in [0, 0.05) is 11.1 Å². The van der Waals surface area contributed by atoms with Crippen molar-refractivity contribution >= 4 is 28.1 Å². The molecule has 5 nitrogen and oxygen atoms in total. The summed E-state index contributed by atoms with van der Waals surface area (Å²) < 4.78 is 5.61. The lowest BCUT2D eigenvalue weighted by Crippen LogP contribution is -2.00. The second kappa shape index (κ2) is 5.66. The Morgan fingerprint density at radius 2 is 2.00 bits per heavy atom. The molecule has 0 atom stereocenters. The summed E-state index contributed by atoms with van der Waals surface area (Å²) in [5.41, 5.74) is 8.24. The molecule has 0 fully saturated rings. The number of nitrogen functional groups attached to an aromatic ring is 1. The van der Waals surface area contributed by atoms with Crippen molar-refractivity contribution in [2.24, 2.45) is 0 Å². The molecule has 21 heavy (non-hydrogen) atoms. The van der Waals surface area contributed by atoms with Gasteiger partial charge in [0.25, 0.3) is 0 Å². The molecule has 0 unspecified atom stereocenters. The van der Waals surface area contributed by atoms with Gasteiger partial charge in [0.15, 0.2) is 0 Å². The smallest absolute Gasteiger partial charge is 0.142 e. The quantitative estimate of drug-likeness (QED) is 0.717. The van der Waals surface area contributed by atoms with Crippen LogP contribution in [-0.2, 0) is 0 Å². The molecule has 2 aromatic carbocycles. The minimum Gasteiger partial charge on any atom is -0.492 e. The molecule has 5 heteroatoms. The van der Waals surface area contributed by atoms with Crippen molar-refractivity contribution in [1.29, 1.82) is 0 Å². The summed E-state index contributed by atoms with van der Waals surface area (Å²) >= 11 is 0. The van der Waals surface area contributed by atoms with Gasteiger partial charge in [0.05, 0.1) is 17.8 Å². The van der Waals surface area contributed by atoms with Crippen molar-refractivity contribution in [3.05, 3.63) is 48.8 Å². The number of hydrogen-bond donors (Lipinski definition) is 2. The minimum absolute atomic E-state index is 0.607. The highest BCUT2D eigenvalue weighted by atomic mass is 16.5. The number of nitrogens with zero attached hydrogens (tertiary/aromatic N) is 2. The van der Waals surface area contributed by atoms with Gasteiger partial charge >= 0.3 is 0 Å². The van der Waals surface area contributed by atoms with Crippen molar-refractivity contribution in [2.75, 3.05) is 17.7 Å². The molecule has 1 heterocycles. The van der Waals surface area contributed by atoms with Gasteiger partial charge in [-0.25, -0.2) is 9.97 Å². The van der Waals surface area contributed by atoms with Crippen molar-refractivity contribution in [3.8, 4) is 5.75 Å². The molecule has 0 aliphatic carbocycles. The van der Waals surface area contributed by atoms with E-state index >= 15 is 0 Å². The first-order valence-electron chi connectivity index (χ1n) is 6.77. The van der Waals surface area contributed by atoms with Crippen LogP contribution in [0.15, 0.2) is 48.8 Å². The van der Waals surface area contributed by atoms with E-state index in [-0.39, 0.29) is 0 Å². The van der Waals surface area contributed by atoms with Crippen LogP contribution in [0.25, 0.3) is 10.9 Å². The van der Waals surface area contributed by atoms with E-state index in [0.29, 0.717) is 18.1 Å². The molecule has 106 valence electrons. The normalized spacial score (nSPS) is 10.5. The lowest BCUT2D eigenvalue weighted by atomic mass is 10.2. The van der Waals surface area contributed by atoms with E-state index in [9.17, 15) is 0 Å². The maximum absolute atomic E-state index is 5.86. The number of anilines is 3. The fourth-order valence-electron chi connectivity index (χ4n) is 2.15. The Hall–Kier alpha value is -2.82. The number of aromatic nitrogens is 2. The highest BCUT2D eigenvalue weighted by Gasteiger charge is 2.07. The zero-order valence-corrected chi connectivity index (χ0v) is 11.7. The number of hydrogen-bond acceptors (Lipinski definition) is 5. The van der Waals surface area contributed by atoms with Gasteiger partial charge < -0.3 is 15.8 Å². The Labute approximate surface area is 122 Å². The number of rotatable bonds is 4. The topological polar surface area (TPSA) is 73.1 Å². The average molecular weight is 280 g/mol. The van der Waals surface area contributed by atoms with Gasteiger partial charge in [-0.05, 0) is 37.3 Å². The molecule has 0 amide bonds. The predicted molar refractivity (Wildman–Crippen MR) is 84.8 cm³/mol. The van der Waals surface area contributed by atoms with Crippen LogP contribution in [0.1, 0.15) is 6.92 Å². The van der Waals surface area contributed by atoms with Crippen LogP contribution in [0, 0.1) is 0 Å². The number of nitrogens with two attached hydrogens (primary N) is 1. The molecule has 0 spiro atoms. The first-order chi connectivity index (χ1) is 10.3. The van der Waals surface area contributed by atoms with Gasteiger partial charge in [-0.15, -0.1) is 0 Å². The fraction of sp³-hybridized carbons (Fsp3) is 0.125. The van der Waals surface area contributed by atoms with Crippen LogP contribution >= 0.6 is 0 Å². The lowest BCUT2D eigenvalue weighted by Gasteiger charge is -2.13. The molecule has 0 saturated heterocycles. The maximum Gasteiger partial charge on any atom is 0.142 e.